The third-order valence-electron chi connectivity index (χ3n) is 2.26. The molecule has 0 saturated carbocycles. The summed E-state index contributed by atoms with van der Waals surface area (Å²) >= 11 is 7.39. The van der Waals surface area contributed by atoms with Crippen LogP contribution >= 0.6 is 22.9 Å². The van der Waals surface area contributed by atoms with E-state index >= 15 is 0 Å². The molecule has 16 heavy (non-hydrogen) atoms. The van der Waals surface area contributed by atoms with Crippen molar-refractivity contribution in [1.29, 1.82) is 0 Å². The Balaban J connectivity index is 2.48. The van der Waals surface area contributed by atoms with Crippen LogP contribution in [0.2, 0.25) is 5.02 Å². The molecule has 92 valence electrons. The Labute approximate surface area is 102 Å². The van der Waals surface area contributed by atoms with Gasteiger partial charge in [-0.2, -0.15) is 13.2 Å². The van der Waals surface area contributed by atoms with Gasteiger partial charge in [-0.05, 0) is 31.3 Å². The molecule has 0 fully saturated rings. The smallest absolute Gasteiger partial charge is 0.312 e. The van der Waals surface area contributed by atoms with Crippen molar-refractivity contribution in [1.82, 2.24) is 5.32 Å². The minimum absolute atomic E-state index is 0.0881. The summed E-state index contributed by atoms with van der Waals surface area (Å²) in [6.45, 7) is 0. The van der Waals surface area contributed by atoms with E-state index in [9.17, 15) is 13.2 Å². The summed E-state index contributed by atoms with van der Waals surface area (Å²) in [6.07, 6.45) is -4.26. The van der Waals surface area contributed by atoms with E-state index in [1.165, 1.54) is 11.3 Å². The molecule has 1 heterocycles. The number of halogens is 4. The minimum Gasteiger partial charge on any atom is -0.312 e. The predicted octanol–water partition coefficient (Wildman–Crippen LogP) is 4.39. The quantitative estimate of drug-likeness (QED) is 0.837. The molecule has 1 nitrogen and oxygen atoms in total. The summed E-state index contributed by atoms with van der Waals surface area (Å²) in [5.41, 5.74) is 0. The molecular weight excluding hydrogens is 259 g/mol. The molecule has 0 spiro atoms. The first-order valence-corrected chi connectivity index (χ1v) is 6.16. The molecule has 6 heteroatoms. The fraction of sp³-hybridized carbons (Fsp3) is 0.600. The summed E-state index contributed by atoms with van der Waals surface area (Å²) in [7, 11) is 1.73. The Morgan fingerprint density at radius 1 is 1.50 bits per heavy atom. The van der Waals surface area contributed by atoms with Crippen molar-refractivity contribution in [2.45, 2.75) is 31.5 Å². The Kier molecular flexibility index (Phi) is 5.08. The lowest BCUT2D eigenvalue weighted by atomic mass is 10.1. The summed E-state index contributed by atoms with van der Waals surface area (Å²) in [6, 6.07) is 1.67. The van der Waals surface area contributed by atoms with E-state index in [1.54, 1.807) is 13.1 Å². The molecule has 1 aromatic heterocycles. The highest BCUT2D eigenvalue weighted by molar-refractivity contribution is 7.10. The fourth-order valence-electron chi connectivity index (χ4n) is 1.47. The van der Waals surface area contributed by atoms with Crippen LogP contribution in [0.1, 0.15) is 30.2 Å². The SMILES string of the molecule is CNC(CCCC(F)(F)F)c1sccc1Cl. The Hall–Kier alpha value is -0.260. The largest absolute Gasteiger partial charge is 0.389 e. The van der Waals surface area contributed by atoms with Crippen molar-refractivity contribution in [2.75, 3.05) is 7.05 Å². The lowest BCUT2D eigenvalue weighted by molar-refractivity contribution is -0.135. The Morgan fingerprint density at radius 2 is 2.19 bits per heavy atom. The van der Waals surface area contributed by atoms with Crippen LogP contribution in [0.4, 0.5) is 13.2 Å². The number of nitrogens with one attached hydrogen (secondary N) is 1. The van der Waals surface area contributed by atoms with Gasteiger partial charge in [-0.1, -0.05) is 11.6 Å². The molecule has 0 aliphatic carbocycles. The fourth-order valence-corrected chi connectivity index (χ4v) is 2.80. The van der Waals surface area contributed by atoms with E-state index in [1.807, 2.05) is 5.38 Å². The number of alkyl halides is 3. The molecular formula is C10H13ClF3NS. The van der Waals surface area contributed by atoms with Crippen molar-refractivity contribution in [2.24, 2.45) is 0 Å². The third-order valence-corrected chi connectivity index (χ3v) is 3.73. The van der Waals surface area contributed by atoms with E-state index in [2.05, 4.69) is 5.32 Å². The van der Waals surface area contributed by atoms with Gasteiger partial charge in [-0.25, -0.2) is 0 Å². The van der Waals surface area contributed by atoms with Crippen LogP contribution in [0, 0.1) is 0 Å². The van der Waals surface area contributed by atoms with Crippen LogP contribution < -0.4 is 5.32 Å². The van der Waals surface area contributed by atoms with Gasteiger partial charge < -0.3 is 5.32 Å². The molecule has 0 aliphatic heterocycles. The normalized spacial score (nSPS) is 14.1. The second kappa shape index (κ2) is 5.89. The topological polar surface area (TPSA) is 12.0 Å². The summed E-state index contributed by atoms with van der Waals surface area (Å²) in [5.74, 6) is 0. The standard InChI is InChI=1S/C10H13ClF3NS/c1-15-8(3-2-5-10(12,13)14)9-7(11)4-6-16-9/h4,6,8,15H,2-3,5H2,1H3. The lowest BCUT2D eigenvalue weighted by Gasteiger charge is -2.15. The van der Waals surface area contributed by atoms with Crippen LogP contribution in [-0.2, 0) is 0 Å². The van der Waals surface area contributed by atoms with Gasteiger partial charge in [0.05, 0.1) is 5.02 Å². The molecule has 0 aromatic carbocycles. The zero-order valence-electron chi connectivity index (χ0n) is 8.77. The number of rotatable bonds is 5. The first-order chi connectivity index (χ1) is 7.44. The van der Waals surface area contributed by atoms with E-state index < -0.39 is 12.6 Å². The third kappa shape index (κ3) is 4.31. The average Bonchev–Trinajstić information content (AvgIpc) is 2.58. The van der Waals surface area contributed by atoms with Crippen LogP contribution in [0.15, 0.2) is 11.4 Å². The number of thiophene rings is 1. The summed E-state index contributed by atoms with van der Waals surface area (Å²) in [5, 5.41) is 5.45. The molecule has 0 saturated heterocycles. The van der Waals surface area contributed by atoms with Crippen molar-refractivity contribution < 1.29 is 13.2 Å². The number of hydrogen-bond acceptors (Lipinski definition) is 2. The molecule has 0 aliphatic rings. The van der Waals surface area contributed by atoms with Crippen LogP contribution in [0.25, 0.3) is 0 Å². The van der Waals surface area contributed by atoms with Gasteiger partial charge in [-0.15, -0.1) is 11.3 Å². The second-order valence-corrected chi connectivity index (χ2v) is 4.84. The molecule has 0 amide bonds. The van der Waals surface area contributed by atoms with Gasteiger partial charge in [0.1, 0.15) is 0 Å². The van der Waals surface area contributed by atoms with E-state index in [4.69, 9.17) is 11.6 Å². The maximum atomic E-state index is 12.0. The Morgan fingerprint density at radius 3 is 2.62 bits per heavy atom. The molecule has 1 atom stereocenters. The first-order valence-electron chi connectivity index (χ1n) is 4.91. The molecule has 1 N–H and O–H groups in total. The van der Waals surface area contributed by atoms with Crippen LogP contribution in [0.3, 0.4) is 0 Å². The van der Waals surface area contributed by atoms with Crippen LogP contribution in [0.5, 0.6) is 0 Å². The summed E-state index contributed by atoms with van der Waals surface area (Å²) < 4.78 is 36.0. The van der Waals surface area contributed by atoms with Gasteiger partial charge in [0.2, 0.25) is 0 Å². The van der Waals surface area contributed by atoms with E-state index in [0.29, 0.717) is 11.4 Å². The average molecular weight is 272 g/mol. The monoisotopic (exact) mass is 271 g/mol. The maximum Gasteiger partial charge on any atom is 0.389 e. The van der Waals surface area contributed by atoms with Crippen molar-refractivity contribution in [3.05, 3.63) is 21.3 Å². The highest BCUT2D eigenvalue weighted by Gasteiger charge is 2.27. The highest BCUT2D eigenvalue weighted by atomic mass is 35.5. The zero-order valence-corrected chi connectivity index (χ0v) is 10.3. The maximum absolute atomic E-state index is 12.0. The number of hydrogen-bond donors (Lipinski definition) is 1. The Bertz CT molecular complexity index is 324. The van der Waals surface area contributed by atoms with Gasteiger partial charge in [0.25, 0.3) is 0 Å². The van der Waals surface area contributed by atoms with Crippen molar-refractivity contribution in [3.8, 4) is 0 Å². The van der Waals surface area contributed by atoms with Gasteiger partial charge >= 0.3 is 6.18 Å². The second-order valence-electron chi connectivity index (χ2n) is 3.48. The highest BCUT2D eigenvalue weighted by Crippen LogP contribution is 2.32. The molecule has 1 unspecified atom stereocenters. The molecule has 1 aromatic rings. The van der Waals surface area contributed by atoms with E-state index in [-0.39, 0.29) is 12.5 Å². The lowest BCUT2D eigenvalue weighted by Crippen LogP contribution is -2.16. The van der Waals surface area contributed by atoms with Gasteiger partial charge in [0.15, 0.2) is 0 Å². The zero-order chi connectivity index (χ0) is 12.2. The van der Waals surface area contributed by atoms with Crippen molar-refractivity contribution in [3.63, 3.8) is 0 Å². The van der Waals surface area contributed by atoms with Crippen LogP contribution in [-0.4, -0.2) is 13.2 Å². The van der Waals surface area contributed by atoms with Gasteiger partial charge in [-0.3, -0.25) is 0 Å². The molecule has 0 bridgehead atoms. The predicted molar refractivity (Wildman–Crippen MR) is 61.0 cm³/mol. The summed E-state index contributed by atoms with van der Waals surface area (Å²) in [4.78, 5) is 0.909. The van der Waals surface area contributed by atoms with Crippen molar-refractivity contribution >= 4 is 22.9 Å². The first kappa shape index (κ1) is 13.8. The minimum atomic E-state index is -4.07. The molecule has 0 radical (unpaired) electrons. The molecule has 1 rings (SSSR count). The van der Waals surface area contributed by atoms with Gasteiger partial charge in [0, 0.05) is 17.3 Å². The van der Waals surface area contributed by atoms with E-state index in [0.717, 1.165) is 4.88 Å².